The van der Waals surface area contributed by atoms with E-state index in [1.54, 1.807) is 23.2 Å². The minimum atomic E-state index is -0.651. The number of halogens is 1. The summed E-state index contributed by atoms with van der Waals surface area (Å²) in [5, 5.41) is 12.5. The normalized spacial score (nSPS) is 22.2. The summed E-state index contributed by atoms with van der Waals surface area (Å²) in [5.74, 6) is -0.538. The molecule has 4 amide bonds. The number of fused-ring (bicyclic) bond motifs is 1. The van der Waals surface area contributed by atoms with Gasteiger partial charge in [0.05, 0.1) is 0 Å². The number of amides is 4. The van der Waals surface area contributed by atoms with Gasteiger partial charge in [-0.05, 0) is 92.0 Å². The van der Waals surface area contributed by atoms with Crippen molar-refractivity contribution in [1.29, 1.82) is 0 Å². The van der Waals surface area contributed by atoms with E-state index < -0.39 is 23.7 Å². The van der Waals surface area contributed by atoms with Crippen molar-refractivity contribution in [3.63, 3.8) is 0 Å². The van der Waals surface area contributed by atoms with E-state index in [1.165, 1.54) is 6.07 Å². The van der Waals surface area contributed by atoms with Crippen molar-refractivity contribution in [3.8, 4) is 5.88 Å². The van der Waals surface area contributed by atoms with E-state index in [-0.39, 0.29) is 41.7 Å². The van der Waals surface area contributed by atoms with E-state index in [4.69, 9.17) is 4.74 Å². The van der Waals surface area contributed by atoms with Gasteiger partial charge in [-0.1, -0.05) is 12.1 Å². The van der Waals surface area contributed by atoms with Crippen molar-refractivity contribution in [1.82, 2.24) is 25.4 Å². The molecule has 3 fully saturated rings. The number of piperidine rings is 2. The molecule has 12 nitrogen and oxygen atoms in total. The van der Waals surface area contributed by atoms with E-state index in [2.05, 4.69) is 30.7 Å². The molecule has 2 aromatic heterocycles. The van der Waals surface area contributed by atoms with Gasteiger partial charge < -0.3 is 19.9 Å². The van der Waals surface area contributed by atoms with Gasteiger partial charge in [-0.2, -0.15) is 5.10 Å². The van der Waals surface area contributed by atoms with Gasteiger partial charge in [0, 0.05) is 72.8 Å². The number of nitrogens with zero attached hydrogens (tertiary/aromatic N) is 4. The number of hydrogen-bond acceptors (Lipinski definition) is 8. The second kappa shape index (κ2) is 13.6. The summed E-state index contributed by atoms with van der Waals surface area (Å²) >= 11 is 0. The SMILES string of the molecule is O=C1CCC(N2Cc3cc(N4CCC(c5ccc(C(=O)Nc6cc([C@H]7CC[C@@H](Oc8ccccn8)C7)[nH]n6)cc5F)CC4)ccc3C2=O)C(=O)N1. The highest BCUT2D eigenvalue weighted by molar-refractivity contribution is 6.05. The predicted molar refractivity (Wildman–Crippen MR) is 185 cm³/mol. The highest BCUT2D eigenvalue weighted by Gasteiger charge is 2.39. The van der Waals surface area contributed by atoms with Crippen LogP contribution in [0.15, 0.2) is 66.9 Å². The quantitative estimate of drug-likeness (QED) is 0.217. The Kier molecular flexibility index (Phi) is 8.70. The minimum absolute atomic E-state index is 0.00294. The van der Waals surface area contributed by atoms with Gasteiger partial charge >= 0.3 is 0 Å². The second-order valence-electron chi connectivity index (χ2n) is 13.8. The lowest BCUT2D eigenvalue weighted by molar-refractivity contribution is -0.136. The molecule has 1 unspecified atom stereocenters. The van der Waals surface area contributed by atoms with E-state index in [0.29, 0.717) is 48.9 Å². The number of ether oxygens (including phenoxy) is 1. The fraction of sp³-hybridized carbons (Fsp3) is 0.368. The maximum absolute atomic E-state index is 15.5. The van der Waals surface area contributed by atoms with E-state index in [9.17, 15) is 19.2 Å². The Morgan fingerprint density at radius 2 is 1.80 bits per heavy atom. The average Bonchev–Trinajstić information content (AvgIpc) is 3.88. The molecule has 1 saturated carbocycles. The summed E-state index contributed by atoms with van der Waals surface area (Å²) in [6.07, 6.45) is 6.41. The molecule has 2 aromatic carbocycles. The Hall–Kier alpha value is -5.59. The Morgan fingerprint density at radius 3 is 2.59 bits per heavy atom. The molecule has 5 heterocycles. The van der Waals surface area contributed by atoms with Crippen LogP contribution in [0.3, 0.4) is 0 Å². The van der Waals surface area contributed by atoms with Gasteiger partial charge in [0.2, 0.25) is 17.7 Å². The number of pyridine rings is 1. The summed E-state index contributed by atoms with van der Waals surface area (Å²) in [4.78, 5) is 58.1. The lowest BCUT2D eigenvalue weighted by atomic mass is 9.88. The Bertz CT molecular complexity index is 1990. The third-order valence-corrected chi connectivity index (χ3v) is 10.7. The topological polar surface area (TPSA) is 150 Å². The molecule has 3 atom stereocenters. The average molecular weight is 692 g/mol. The van der Waals surface area contributed by atoms with Crippen LogP contribution in [-0.2, 0) is 16.1 Å². The number of benzene rings is 2. The molecule has 3 N–H and O–H groups in total. The summed E-state index contributed by atoms with van der Waals surface area (Å²) in [5.41, 5.74) is 4.15. The number of rotatable bonds is 8. The number of imide groups is 1. The van der Waals surface area contributed by atoms with Crippen molar-refractivity contribution in [2.24, 2.45) is 0 Å². The van der Waals surface area contributed by atoms with Crippen LogP contribution in [0.4, 0.5) is 15.9 Å². The van der Waals surface area contributed by atoms with E-state index in [1.807, 2.05) is 42.5 Å². The molecule has 51 heavy (non-hydrogen) atoms. The van der Waals surface area contributed by atoms with E-state index >= 15 is 4.39 Å². The third kappa shape index (κ3) is 6.67. The van der Waals surface area contributed by atoms with Crippen molar-refractivity contribution in [2.45, 2.75) is 75.5 Å². The lowest BCUT2D eigenvalue weighted by Crippen LogP contribution is -2.52. The number of anilines is 2. The predicted octanol–water partition coefficient (Wildman–Crippen LogP) is 5.06. The van der Waals surface area contributed by atoms with Gasteiger partial charge in [0.25, 0.3) is 11.8 Å². The van der Waals surface area contributed by atoms with Gasteiger partial charge in [-0.3, -0.25) is 29.6 Å². The number of carbonyl (C=O) groups excluding carboxylic acids is 4. The summed E-state index contributed by atoms with van der Waals surface area (Å²) < 4.78 is 21.5. The monoisotopic (exact) mass is 691 g/mol. The first-order chi connectivity index (χ1) is 24.8. The Labute approximate surface area is 293 Å². The second-order valence-corrected chi connectivity index (χ2v) is 13.8. The van der Waals surface area contributed by atoms with Crippen LogP contribution < -0.4 is 20.3 Å². The van der Waals surface area contributed by atoms with Crippen LogP contribution in [0, 0.1) is 5.82 Å². The first kappa shape index (κ1) is 32.6. The number of aromatic nitrogens is 3. The number of carbonyl (C=O) groups is 4. The van der Waals surface area contributed by atoms with Gasteiger partial charge in [0.1, 0.15) is 18.0 Å². The fourth-order valence-corrected chi connectivity index (χ4v) is 7.92. The first-order valence-electron chi connectivity index (χ1n) is 17.6. The zero-order valence-corrected chi connectivity index (χ0v) is 27.9. The first-order valence-corrected chi connectivity index (χ1v) is 17.6. The fourth-order valence-electron chi connectivity index (χ4n) is 7.92. The van der Waals surface area contributed by atoms with Crippen molar-refractivity contribution in [3.05, 3.63) is 101 Å². The molecule has 8 rings (SSSR count). The molecule has 0 radical (unpaired) electrons. The molecule has 3 aliphatic heterocycles. The number of aromatic amines is 1. The smallest absolute Gasteiger partial charge is 0.256 e. The van der Waals surface area contributed by atoms with Crippen molar-refractivity contribution in [2.75, 3.05) is 23.3 Å². The zero-order chi connectivity index (χ0) is 35.1. The molecule has 4 aromatic rings. The van der Waals surface area contributed by atoms with Gasteiger partial charge in [0.15, 0.2) is 5.82 Å². The highest BCUT2D eigenvalue weighted by atomic mass is 19.1. The molecule has 0 bridgehead atoms. The van der Waals surface area contributed by atoms with Crippen molar-refractivity contribution >= 4 is 35.1 Å². The van der Waals surface area contributed by atoms with Crippen LogP contribution in [0.1, 0.15) is 94.3 Å². The third-order valence-electron chi connectivity index (χ3n) is 10.7. The maximum atomic E-state index is 15.5. The van der Waals surface area contributed by atoms with Gasteiger partial charge in [-0.15, -0.1) is 0 Å². The standard InChI is InChI=1S/C38H38FN7O5/c39-30-19-24(36(48)41-33-20-31(43-44-33)23-4-7-27(18-23)51-35-3-1-2-14-40-35)5-8-28(30)22-12-15-45(16-13-22)26-6-9-29-25(17-26)21-46(38(29)50)32-10-11-34(47)42-37(32)49/h1-3,5-6,8-9,14,17,19-20,22-23,27,32H,4,7,10-13,15-16,18,21H2,(H,42,47,49)(H2,41,43,44,48)/t23-,27+,32?/m0/s1. The Balaban J connectivity index is 0.845. The minimum Gasteiger partial charge on any atom is -0.474 e. The van der Waals surface area contributed by atoms with Crippen LogP contribution in [0.2, 0.25) is 0 Å². The summed E-state index contributed by atoms with van der Waals surface area (Å²) in [6.45, 7) is 1.73. The highest BCUT2D eigenvalue weighted by Crippen LogP contribution is 2.37. The number of nitrogens with one attached hydrogen (secondary N) is 3. The van der Waals surface area contributed by atoms with Crippen molar-refractivity contribution < 1.29 is 28.3 Å². The molecule has 2 saturated heterocycles. The number of H-pyrrole nitrogens is 1. The summed E-state index contributed by atoms with van der Waals surface area (Å²) in [6, 6.07) is 17.2. The molecule has 262 valence electrons. The molecular formula is C38H38FN7O5. The number of hydrogen-bond donors (Lipinski definition) is 3. The largest absolute Gasteiger partial charge is 0.474 e. The van der Waals surface area contributed by atoms with E-state index in [0.717, 1.165) is 49.0 Å². The maximum Gasteiger partial charge on any atom is 0.256 e. The molecule has 1 aliphatic carbocycles. The lowest BCUT2D eigenvalue weighted by Gasteiger charge is -2.34. The Morgan fingerprint density at radius 1 is 0.941 bits per heavy atom. The molecule has 13 heteroatoms. The zero-order valence-electron chi connectivity index (χ0n) is 27.9. The van der Waals surface area contributed by atoms with Crippen LogP contribution in [0.25, 0.3) is 0 Å². The van der Waals surface area contributed by atoms with Crippen LogP contribution in [-0.4, -0.2) is 68.9 Å². The molecule has 4 aliphatic rings. The van der Waals surface area contributed by atoms with Crippen LogP contribution >= 0.6 is 0 Å². The molecular weight excluding hydrogens is 653 g/mol. The summed E-state index contributed by atoms with van der Waals surface area (Å²) in [7, 11) is 0. The van der Waals surface area contributed by atoms with Gasteiger partial charge in [-0.25, -0.2) is 9.37 Å². The molecule has 0 spiro atoms. The van der Waals surface area contributed by atoms with Crippen LogP contribution in [0.5, 0.6) is 5.88 Å².